The first kappa shape index (κ1) is 46.3. The minimum Gasteiger partial charge on any atom is -0.446 e. The molecule has 1 saturated heterocycles. The van der Waals surface area contributed by atoms with Crippen molar-refractivity contribution in [2.24, 2.45) is 4.99 Å². The largest absolute Gasteiger partial charge is 0.446 e. The van der Waals surface area contributed by atoms with Gasteiger partial charge >= 0.3 is 10.1 Å². The van der Waals surface area contributed by atoms with Gasteiger partial charge in [-0.1, -0.05) is 32.1 Å². The number of allylic oxidation sites excluding steroid dienone is 6. The zero-order valence-corrected chi connectivity index (χ0v) is 36.3. The third-order valence-corrected chi connectivity index (χ3v) is 14.7. The van der Waals surface area contributed by atoms with E-state index in [9.17, 15) is 47.6 Å². The van der Waals surface area contributed by atoms with Gasteiger partial charge in [-0.25, -0.2) is 4.48 Å². The number of rotatable bonds is 17. The van der Waals surface area contributed by atoms with Gasteiger partial charge in [0.15, 0.2) is 6.40 Å². The molecule has 3 aliphatic rings. The number of carbonyl (C=O) groups is 1. The highest BCUT2D eigenvalue weighted by Crippen LogP contribution is 2.57. The average Bonchev–Trinajstić information content (AvgIpc) is 3.69. The van der Waals surface area contributed by atoms with Crippen molar-refractivity contribution in [2.75, 3.05) is 36.9 Å². The van der Waals surface area contributed by atoms with E-state index in [0.29, 0.717) is 48.5 Å². The molecule has 2 unspecified atom stereocenters. The fraction of sp³-hybridized carbons (Fsp3) is 0.474. The monoisotopic (exact) mass is 900 g/mol. The van der Waals surface area contributed by atoms with Gasteiger partial charge in [0.2, 0.25) is 5.37 Å². The second-order valence-corrected chi connectivity index (χ2v) is 22.2. The summed E-state index contributed by atoms with van der Waals surface area (Å²) in [5.41, 5.74) is 4.00. The number of fused-ring (bicyclic) bond motifs is 3. The van der Waals surface area contributed by atoms with E-state index in [1.165, 1.54) is 6.07 Å². The van der Waals surface area contributed by atoms with E-state index < -0.39 is 79.8 Å². The van der Waals surface area contributed by atoms with Crippen LogP contribution in [0.2, 0.25) is 0 Å². The van der Waals surface area contributed by atoms with E-state index in [0.717, 1.165) is 28.7 Å². The summed E-state index contributed by atoms with van der Waals surface area (Å²) < 4.78 is 137. The van der Waals surface area contributed by atoms with Gasteiger partial charge in [0.1, 0.15) is 17.1 Å². The lowest BCUT2D eigenvalue weighted by Gasteiger charge is -2.37. The molecule has 21 heteroatoms. The fourth-order valence-electron chi connectivity index (χ4n) is 8.60. The Morgan fingerprint density at radius 1 is 0.864 bits per heavy atom. The summed E-state index contributed by atoms with van der Waals surface area (Å²) >= 11 is 0. The highest BCUT2D eigenvalue weighted by Gasteiger charge is 2.62. The van der Waals surface area contributed by atoms with E-state index in [1.54, 1.807) is 18.2 Å². The third kappa shape index (κ3) is 10.4. The Morgan fingerprint density at radius 2 is 1.54 bits per heavy atom. The predicted molar refractivity (Wildman–Crippen MR) is 224 cm³/mol. The zero-order chi connectivity index (χ0) is 43.8. The number of ether oxygens (including phenoxy) is 1. The molecule has 2 atom stereocenters. The van der Waals surface area contributed by atoms with Gasteiger partial charge in [0, 0.05) is 42.0 Å². The molecule has 0 aromatic heterocycles. The maximum Gasteiger partial charge on any atom is 0.320 e. The van der Waals surface area contributed by atoms with Crippen molar-refractivity contribution >= 4 is 64.0 Å². The number of nitrogens with one attached hydrogen (secondary N) is 1. The molecule has 17 nitrogen and oxygen atoms in total. The van der Waals surface area contributed by atoms with Gasteiger partial charge in [-0.05, 0) is 85.7 Å². The van der Waals surface area contributed by atoms with E-state index >= 15 is 0 Å². The minimum absolute atomic E-state index is 0.171. The Balaban J connectivity index is 1.56. The van der Waals surface area contributed by atoms with Crippen LogP contribution < -0.4 is 14.5 Å². The quantitative estimate of drug-likeness (QED) is 0.0483. The molecule has 2 aliphatic heterocycles. The number of aliphatic imine (C=N–C) groups is 1. The Morgan fingerprint density at radius 3 is 2.19 bits per heavy atom. The fourth-order valence-corrected chi connectivity index (χ4v) is 11.1. The van der Waals surface area contributed by atoms with Crippen molar-refractivity contribution in [3.05, 3.63) is 88.2 Å². The summed E-state index contributed by atoms with van der Waals surface area (Å²) in [4.78, 5) is 17.0. The number of amides is 1. The topological polar surface area (TPSA) is 268 Å². The molecule has 0 bridgehead atoms. The lowest BCUT2D eigenvalue weighted by molar-refractivity contribution is 0.0956. The van der Waals surface area contributed by atoms with Crippen LogP contribution in [0.1, 0.15) is 86.8 Å². The van der Waals surface area contributed by atoms with Gasteiger partial charge in [-0.15, -0.1) is 0 Å². The number of hydrogen-bond acceptors (Lipinski definition) is 11. The third-order valence-electron chi connectivity index (χ3n) is 11.2. The summed E-state index contributed by atoms with van der Waals surface area (Å²) in [7, 11) is -17.3. The molecule has 5 rings (SSSR count). The molecule has 2 aromatic carbocycles. The molecular formula is C38H50N3O14S4+. The second-order valence-electron chi connectivity index (χ2n) is 15.9. The predicted octanol–water partition coefficient (Wildman–Crippen LogP) is 4.45. The average molecular weight is 901 g/mol. The first-order chi connectivity index (χ1) is 27.2. The van der Waals surface area contributed by atoms with Crippen LogP contribution in [0.3, 0.4) is 0 Å². The number of nitrogens with zero attached hydrogens (tertiary/aromatic N) is 2. The molecule has 59 heavy (non-hydrogen) atoms. The van der Waals surface area contributed by atoms with Crippen LogP contribution in [0.25, 0.3) is 5.57 Å². The maximum absolute atomic E-state index is 13.1. The lowest BCUT2D eigenvalue weighted by Crippen LogP contribution is -2.55. The van der Waals surface area contributed by atoms with Gasteiger partial charge in [0.25, 0.3) is 36.3 Å². The van der Waals surface area contributed by atoms with E-state index in [2.05, 4.69) is 10.3 Å². The number of benzene rings is 2. The van der Waals surface area contributed by atoms with Crippen molar-refractivity contribution in [3.63, 3.8) is 0 Å². The number of carbonyl (C=O) groups excluding carboxylic acids is 1. The van der Waals surface area contributed by atoms with Crippen molar-refractivity contribution < 1.29 is 61.4 Å². The van der Waals surface area contributed by atoms with E-state index in [4.69, 9.17) is 13.8 Å². The number of quaternary nitrogens is 1. The lowest BCUT2D eigenvalue weighted by atomic mass is 9.80. The summed E-state index contributed by atoms with van der Waals surface area (Å²) in [6.45, 7) is 7.56. The molecular weight excluding hydrogens is 851 g/mol. The van der Waals surface area contributed by atoms with Crippen LogP contribution in [0.5, 0.6) is 5.75 Å². The van der Waals surface area contributed by atoms with Gasteiger partial charge in [-0.3, -0.25) is 28.0 Å². The molecule has 1 spiro atoms. The first-order valence-corrected chi connectivity index (χ1v) is 25.1. The van der Waals surface area contributed by atoms with Crippen molar-refractivity contribution in [1.82, 2.24) is 9.80 Å². The molecule has 1 fully saturated rings. The highest BCUT2D eigenvalue weighted by atomic mass is 32.2. The van der Waals surface area contributed by atoms with Gasteiger partial charge in [-0.2, -0.15) is 33.7 Å². The minimum atomic E-state index is -4.60. The van der Waals surface area contributed by atoms with Gasteiger partial charge < -0.3 is 10.1 Å². The van der Waals surface area contributed by atoms with Crippen LogP contribution >= 0.6 is 0 Å². The van der Waals surface area contributed by atoms with Crippen LogP contribution in [0, 0.1) is 0 Å². The van der Waals surface area contributed by atoms with Crippen LogP contribution in [0.15, 0.2) is 70.9 Å². The van der Waals surface area contributed by atoms with Crippen LogP contribution in [-0.2, 0) is 51.3 Å². The zero-order valence-electron chi connectivity index (χ0n) is 33.0. The standard InChI is InChI=1S/C38H49N3O14S4/c1-37(2)30(28(9-5-6-20-56(43,44)45)29-15-14-27(24-31(29)37)55-25-39-17-21-57(46,47)48)10-7-11-34-38(3,4)32-23-26(36(42)40-18-22-58(49,50)51)13-16-33(32)41(34)19-8-12-35(41)59(52,53)54/h7,10-11,13-16,23-25,35H,5-6,8-9,12,17-22H2,1-4H3,(H4-,40,42,43,44,45,46,47,48,49,50,51,52,53,54)/p+1/b10-7?,34-11+,39-25?. The highest BCUT2D eigenvalue weighted by molar-refractivity contribution is 7.86. The van der Waals surface area contributed by atoms with Crippen molar-refractivity contribution in [3.8, 4) is 5.75 Å². The van der Waals surface area contributed by atoms with E-state index in [1.807, 2.05) is 58.1 Å². The molecule has 2 aromatic rings. The SMILES string of the molecule is CC1(C)C(C=C/C=C2\C(C)(C)c3cc(C(=O)NCCS(=O)(=O)O)ccc3[N+]23CCCC3S(=O)(=O)O)=C(CCCCS(=O)(=O)O)c2ccc(OC=NCCS(=O)(=O)O)cc21. The van der Waals surface area contributed by atoms with E-state index in [-0.39, 0.29) is 36.0 Å². The van der Waals surface area contributed by atoms with Crippen molar-refractivity contribution in [1.29, 1.82) is 0 Å². The van der Waals surface area contributed by atoms with Crippen molar-refractivity contribution in [2.45, 2.75) is 76.0 Å². The molecule has 5 N–H and O–H groups in total. The molecule has 0 saturated carbocycles. The smallest absolute Gasteiger partial charge is 0.320 e. The first-order valence-electron chi connectivity index (χ1n) is 18.7. The maximum atomic E-state index is 13.1. The molecule has 324 valence electrons. The Bertz CT molecular complexity index is 2580. The molecule has 1 amide bonds. The Labute approximate surface area is 345 Å². The Kier molecular flexibility index (Phi) is 13.3. The molecule has 0 radical (unpaired) electrons. The second kappa shape index (κ2) is 16.9. The number of hydrogen-bond donors (Lipinski definition) is 5. The molecule has 1 aliphatic carbocycles. The summed E-state index contributed by atoms with van der Waals surface area (Å²) in [5, 5.41) is 1.24. The Hall–Kier alpha value is -3.80. The summed E-state index contributed by atoms with van der Waals surface area (Å²) in [6, 6.07) is 10.2. The molecule has 2 heterocycles. The summed E-state index contributed by atoms with van der Waals surface area (Å²) in [6.07, 6.45) is 8.33. The van der Waals surface area contributed by atoms with Crippen LogP contribution in [0.4, 0.5) is 5.69 Å². The van der Waals surface area contributed by atoms with Crippen LogP contribution in [-0.4, -0.2) is 106 Å². The normalized spacial score (nSPS) is 22.2. The van der Waals surface area contributed by atoms with Gasteiger partial charge in [0.05, 0.1) is 35.8 Å². The summed E-state index contributed by atoms with van der Waals surface area (Å²) in [5.74, 6) is -1.85. The number of unbranched alkanes of at least 4 members (excludes halogenated alkanes) is 1.